The maximum absolute atomic E-state index is 11.2. The fraction of sp³-hybridized carbons (Fsp3) is 0.125. The van der Waals surface area contributed by atoms with E-state index < -0.39 is 5.97 Å². The Bertz CT molecular complexity index is 328. The van der Waals surface area contributed by atoms with E-state index in [0.717, 1.165) is 0 Å². The Balaban J connectivity index is 1.99. The SMILES string of the molecule is O=C(On1cccc1)C1=COCO1. The summed E-state index contributed by atoms with van der Waals surface area (Å²) < 4.78 is 10.8. The van der Waals surface area contributed by atoms with Crippen molar-refractivity contribution in [2.45, 2.75) is 0 Å². The molecule has 1 aliphatic rings. The Morgan fingerprint density at radius 3 is 2.85 bits per heavy atom. The molecule has 0 radical (unpaired) electrons. The van der Waals surface area contributed by atoms with E-state index in [0.29, 0.717) is 0 Å². The number of nitrogens with zero attached hydrogens (tertiary/aromatic N) is 1. The van der Waals surface area contributed by atoms with Gasteiger partial charge >= 0.3 is 5.97 Å². The van der Waals surface area contributed by atoms with E-state index in [-0.39, 0.29) is 12.6 Å². The Morgan fingerprint density at radius 1 is 1.46 bits per heavy atom. The second-order valence-electron chi connectivity index (χ2n) is 2.33. The maximum Gasteiger partial charge on any atom is 0.401 e. The van der Waals surface area contributed by atoms with Gasteiger partial charge in [0.25, 0.3) is 0 Å². The second-order valence-corrected chi connectivity index (χ2v) is 2.33. The highest BCUT2D eigenvalue weighted by molar-refractivity contribution is 5.86. The molecule has 1 aromatic heterocycles. The minimum atomic E-state index is -0.575. The largest absolute Gasteiger partial charge is 0.461 e. The Labute approximate surface area is 74.1 Å². The van der Waals surface area contributed by atoms with Crippen molar-refractivity contribution in [1.82, 2.24) is 4.73 Å². The summed E-state index contributed by atoms with van der Waals surface area (Å²) in [6, 6.07) is 3.49. The summed E-state index contributed by atoms with van der Waals surface area (Å²) in [7, 11) is 0. The Hall–Kier alpha value is -1.91. The van der Waals surface area contributed by atoms with Crippen molar-refractivity contribution in [2.75, 3.05) is 6.79 Å². The highest BCUT2D eigenvalue weighted by Crippen LogP contribution is 2.06. The van der Waals surface area contributed by atoms with E-state index in [2.05, 4.69) is 0 Å². The molecule has 0 saturated carbocycles. The van der Waals surface area contributed by atoms with Crippen LogP contribution in [0.4, 0.5) is 0 Å². The van der Waals surface area contributed by atoms with Gasteiger partial charge in [-0.3, -0.25) is 0 Å². The Kier molecular flexibility index (Phi) is 1.91. The lowest BCUT2D eigenvalue weighted by atomic mass is 10.6. The van der Waals surface area contributed by atoms with Gasteiger partial charge in [-0.15, -0.1) is 0 Å². The molecule has 0 spiro atoms. The number of rotatable bonds is 2. The molecular formula is C8H7NO4. The molecule has 68 valence electrons. The fourth-order valence-electron chi connectivity index (χ4n) is 0.869. The molecule has 0 amide bonds. The van der Waals surface area contributed by atoms with Crippen molar-refractivity contribution < 1.29 is 19.1 Å². The van der Waals surface area contributed by atoms with Gasteiger partial charge in [0.2, 0.25) is 12.6 Å². The highest BCUT2D eigenvalue weighted by Gasteiger charge is 2.18. The van der Waals surface area contributed by atoms with Crippen molar-refractivity contribution in [2.24, 2.45) is 0 Å². The molecule has 13 heavy (non-hydrogen) atoms. The molecule has 0 fully saturated rings. The van der Waals surface area contributed by atoms with Crippen molar-refractivity contribution in [3.05, 3.63) is 36.5 Å². The van der Waals surface area contributed by atoms with Crippen LogP contribution in [0, 0.1) is 0 Å². The standard InChI is InChI=1S/C8H7NO4/c10-8(7-5-11-6-12-7)13-9-3-1-2-4-9/h1-5H,6H2. The summed E-state index contributed by atoms with van der Waals surface area (Å²) in [6.45, 7) is 0.0656. The van der Waals surface area contributed by atoms with E-state index in [4.69, 9.17) is 14.3 Å². The quantitative estimate of drug-likeness (QED) is 0.658. The lowest BCUT2D eigenvalue weighted by Crippen LogP contribution is -2.20. The van der Waals surface area contributed by atoms with Gasteiger partial charge in [-0.1, -0.05) is 0 Å². The fourth-order valence-corrected chi connectivity index (χ4v) is 0.869. The van der Waals surface area contributed by atoms with Crippen LogP contribution >= 0.6 is 0 Å². The average Bonchev–Trinajstić information content (AvgIpc) is 2.74. The molecule has 0 aromatic carbocycles. The molecular weight excluding hydrogens is 174 g/mol. The lowest BCUT2D eigenvalue weighted by Gasteiger charge is -2.02. The molecule has 0 N–H and O–H groups in total. The van der Waals surface area contributed by atoms with E-state index >= 15 is 0 Å². The van der Waals surface area contributed by atoms with Crippen LogP contribution in [0.5, 0.6) is 0 Å². The van der Waals surface area contributed by atoms with Gasteiger partial charge < -0.3 is 14.3 Å². The van der Waals surface area contributed by atoms with Gasteiger partial charge in [0, 0.05) is 12.4 Å². The van der Waals surface area contributed by atoms with Crippen molar-refractivity contribution >= 4 is 5.97 Å². The predicted molar refractivity (Wildman–Crippen MR) is 41.1 cm³/mol. The Morgan fingerprint density at radius 2 is 2.23 bits per heavy atom. The predicted octanol–water partition coefficient (Wildman–Crippen LogP) is 0.289. The van der Waals surface area contributed by atoms with Crippen LogP contribution in [0.3, 0.4) is 0 Å². The number of carbonyl (C=O) groups excluding carboxylic acids is 1. The number of hydrogen-bond acceptors (Lipinski definition) is 4. The van der Waals surface area contributed by atoms with Crippen LogP contribution in [0.15, 0.2) is 36.5 Å². The lowest BCUT2D eigenvalue weighted by molar-refractivity contribution is -0.143. The van der Waals surface area contributed by atoms with Crippen molar-refractivity contribution in [3.63, 3.8) is 0 Å². The topological polar surface area (TPSA) is 49.7 Å². The van der Waals surface area contributed by atoms with Gasteiger partial charge in [-0.2, -0.15) is 4.73 Å². The monoisotopic (exact) mass is 181 g/mol. The summed E-state index contributed by atoms with van der Waals surface area (Å²) in [5.41, 5.74) is 0. The summed E-state index contributed by atoms with van der Waals surface area (Å²) in [5.74, 6) is -0.498. The first-order chi connectivity index (χ1) is 6.36. The highest BCUT2D eigenvalue weighted by atomic mass is 16.7. The molecule has 0 bridgehead atoms. The van der Waals surface area contributed by atoms with Gasteiger partial charge in [-0.25, -0.2) is 4.79 Å². The van der Waals surface area contributed by atoms with Crippen LogP contribution in [0.2, 0.25) is 0 Å². The molecule has 0 unspecified atom stereocenters. The van der Waals surface area contributed by atoms with Gasteiger partial charge in [-0.05, 0) is 12.1 Å². The average molecular weight is 181 g/mol. The van der Waals surface area contributed by atoms with Gasteiger partial charge in [0.05, 0.1) is 0 Å². The number of hydrogen-bond donors (Lipinski definition) is 0. The van der Waals surface area contributed by atoms with Gasteiger partial charge in [0.15, 0.2) is 0 Å². The summed E-state index contributed by atoms with van der Waals surface area (Å²) in [6.07, 6.45) is 4.44. The van der Waals surface area contributed by atoms with E-state index in [1.807, 2.05) is 0 Å². The minimum absolute atomic E-state index is 0.0656. The van der Waals surface area contributed by atoms with Crippen molar-refractivity contribution in [1.29, 1.82) is 0 Å². The number of ether oxygens (including phenoxy) is 2. The van der Waals surface area contributed by atoms with E-state index in [9.17, 15) is 4.79 Å². The first kappa shape index (κ1) is 7.72. The number of carbonyl (C=O) groups is 1. The van der Waals surface area contributed by atoms with Crippen LogP contribution in [-0.2, 0) is 14.3 Å². The van der Waals surface area contributed by atoms with E-state index in [1.165, 1.54) is 11.0 Å². The smallest absolute Gasteiger partial charge is 0.401 e. The molecule has 0 aliphatic carbocycles. The summed E-state index contributed by atoms with van der Waals surface area (Å²) in [5, 5.41) is 0. The third-order valence-corrected chi connectivity index (χ3v) is 1.44. The zero-order valence-corrected chi connectivity index (χ0v) is 6.67. The molecule has 1 aliphatic heterocycles. The molecule has 5 heteroatoms. The van der Waals surface area contributed by atoms with Crippen LogP contribution in [-0.4, -0.2) is 17.5 Å². The first-order valence-corrected chi connectivity index (χ1v) is 3.66. The molecule has 2 heterocycles. The van der Waals surface area contributed by atoms with Crippen LogP contribution < -0.4 is 4.84 Å². The van der Waals surface area contributed by atoms with Crippen molar-refractivity contribution in [3.8, 4) is 0 Å². The second kappa shape index (κ2) is 3.22. The molecule has 0 saturated heterocycles. The minimum Gasteiger partial charge on any atom is -0.461 e. The van der Waals surface area contributed by atoms with Gasteiger partial charge in [0.1, 0.15) is 6.26 Å². The summed E-state index contributed by atoms with van der Waals surface area (Å²) >= 11 is 0. The number of aromatic nitrogens is 1. The summed E-state index contributed by atoms with van der Waals surface area (Å²) in [4.78, 5) is 16.0. The third kappa shape index (κ3) is 1.64. The molecule has 0 atom stereocenters. The molecule has 5 nitrogen and oxygen atoms in total. The third-order valence-electron chi connectivity index (χ3n) is 1.44. The maximum atomic E-state index is 11.2. The van der Waals surface area contributed by atoms with Crippen LogP contribution in [0.1, 0.15) is 0 Å². The van der Waals surface area contributed by atoms with E-state index in [1.54, 1.807) is 24.5 Å². The normalized spacial score (nSPS) is 14.3. The zero-order valence-electron chi connectivity index (χ0n) is 6.67. The first-order valence-electron chi connectivity index (χ1n) is 3.66. The van der Waals surface area contributed by atoms with Crippen LogP contribution in [0.25, 0.3) is 0 Å². The molecule has 2 rings (SSSR count). The molecule has 1 aromatic rings. The zero-order chi connectivity index (χ0) is 9.10.